The smallest absolute Gasteiger partial charge is 0.0912 e. The van der Waals surface area contributed by atoms with Gasteiger partial charge < -0.3 is 4.98 Å². The van der Waals surface area contributed by atoms with Gasteiger partial charge in [0, 0.05) is 18.0 Å². The van der Waals surface area contributed by atoms with Crippen LogP contribution in [0.2, 0.25) is 0 Å². The van der Waals surface area contributed by atoms with E-state index < -0.39 is 0 Å². The van der Waals surface area contributed by atoms with Crippen LogP contribution in [0.4, 0.5) is 0 Å². The first kappa shape index (κ1) is 5.64. The molecule has 0 saturated heterocycles. The first-order valence-corrected chi connectivity index (χ1v) is 2.63. The summed E-state index contributed by atoms with van der Waals surface area (Å²) >= 11 is 0. The Labute approximate surface area is 53.4 Å². The third kappa shape index (κ3) is 1.46. The maximum atomic E-state index is 8.11. The van der Waals surface area contributed by atoms with E-state index in [0.717, 1.165) is 5.69 Å². The number of hydrogen-bond acceptors (Lipinski definition) is 1. The highest BCUT2D eigenvalue weighted by molar-refractivity contribution is 5.47. The molecule has 1 heterocycles. The number of aromatic amines is 1. The van der Waals surface area contributed by atoms with Gasteiger partial charge in [-0.15, -0.1) is 0 Å². The summed E-state index contributed by atoms with van der Waals surface area (Å²) in [6.07, 6.45) is 4.98. The van der Waals surface area contributed by atoms with Gasteiger partial charge in [0.15, 0.2) is 0 Å². The zero-order valence-electron chi connectivity index (χ0n) is 4.83. The van der Waals surface area contributed by atoms with Crippen molar-refractivity contribution in [3.05, 3.63) is 30.1 Å². The number of rotatable bonds is 1. The molecule has 0 aliphatic rings. The van der Waals surface area contributed by atoms with Crippen molar-refractivity contribution in [2.75, 3.05) is 0 Å². The Morgan fingerprint density at radius 2 is 2.56 bits per heavy atom. The Balaban J connectivity index is 2.71. The number of nitrogens with one attached hydrogen (secondary N) is 1. The summed E-state index contributed by atoms with van der Waals surface area (Å²) in [5.41, 5.74) is 0.955. The third-order valence-corrected chi connectivity index (χ3v) is 0.959. The topological polar surface area (TPSA) is 39.6 Å². The lowest BCUT2D eigenvalue weighted by molar-refractivity contribution is 1.38. The molecule has 0 aliphatic heterocycles. The minimum atomic E-state index is 0.955. The third-order valence-electron chi connectivity index (χ3n) is 0.959. The second-order valence-electron chi connectivity index (χ2n) is 1.59. The van der Waals surface area contributed by atoms with Crippen LogP contribution in [0.3, 0.4) is 0 Å². The average Bonchev–Trinajstić information content (AvgIpc) is 2.34. The van der Waals surface area contributed by atoms with Crippen molar-refractivity contribution in [2.24, 2.45) is 0 Å². The van der Waals surface area contributed by atoms with E-state index in [1.54, 1.807) is 6.08 Å². The molecule has 2 heteroatoms. The maximum absolute atomic E-state index is 8.11. The highest BCUT2D eigenvalue weighted by Crippen LogP contribution is 1.95. The number of allylic oxidation sites excluding steroid dienone is 1. The van der Waals surface area contributed by atoms with E-state index in [1.165, 1.54) is 6.08 Å². The molecule has 0 amide bonds. The number of nitriles is 1. The summed E-state index contributed by atoms with van der Waals surface area (Å²) in [6.45, 7) is 0. The zero-order valence-corrected chi connectivity index (χ0v) is 4.83. The molecule has 1 rings (SSSR count). The molecule has 1 aromatic heterocycles. The van der Waals surface area contributed by atoms with Gasteiger partial charge in [0.2, 0.25) is 0 Å². The van der Waals surface area contributed by atoms with Gasteiger partial charge in [0.05, 0.1) is 6.07 Å². The minimum absolute atomic E-state index is 0.955. The van der Waals surface area contributed by atoms with Crippen LogP contribution in [0.5, 0.6) is 0 Å². The molecule has 0 saturated carbocycles. The lowest BCUT2D eigenvalue weighted by Crippen LogP contribution is -1.64. The normalized spacial score (nSPS) is 9.67. The molecule has 0 bridgehead atoms. The summed E-state index contributed by atoms with van der Waals surface area (Å²) in [7, 11) is 0. The average molecular weight is 118 g/mol. The number of hydrogen-bond donors (Lipinski definition) is 1. The molecular weight excluding hydrogens is 112 g/mol. The summed E-state index contributed by atoms with van der Waals surface area (Å²) < 4.78 is 0. The van der Waals surface area contributed by atoms with Crippen molar-refractivity contribution in [3.8, 4) is 6.07 Å². The van der Waals surface area contributed by atoms with Gasteiger partial charge in [-0.05, 0) is 18.2 Å². The largest absolute Gasteiger partial charge is 0.362 e. The number of aromatic nitrogens is 1. The Hall–Kier alpha value is -1.49. The van der Waals surface area contributed by atoms with Crippen molar-refractivity contribution in [1.29, 1.82) is 5.26 Å². The van der Waals surface area contributed by atoms with Crippen molar-refractivity contribution >= 4 is 6.08 Å². The standard InChI is InChI=1S/C7H6N2/c8-5-1-3-7-4-2-6-9-7/h1-4,6,9H/b3-1-. The molecule has 1 aromatic rings. The highest BCUT2D eigenvalue weighted by Gasteiger charge is 1.79. The van der Waals surface area contributed by atoms with E-state index in [0.29, 0.717) is 0 Å². The molecule has 1 N–H and O–H groups in total. The van der Waals surface area contributed by atoms with Gasteiger partial charge in [-0.2, -0.15) is 5.26 Å². The van der Waals surface area contributed by atoms with Crippen LogP contribution >= 0.6 is 0 Å². The Kier molecular flexibility index (Phi) is 1.71. The van der Waals surface area contributed by atoms with Crippen LogP contribution in [0.25, 0.3) is 6.08 Å². The van der Waals surface area contributed by atoms with E-state index in [2.05, 4.69) is 4.98 Å². The van der Waals surface area contributed by atoms with Gasteiger partial charge in [-0.1, -0.05) is 0 Å². The monoisotopic (exact) mass is 118 g/mol. The molecule has 0 aromatic carbocycles. The predicted molar refractivity (Wildman–Crippen MR) is 35.4 cm³/mol. The van der Waals surface area contributed by atoms with Crippen LogP contribution in [0, 0.1) is 11.3 Å². The molecule has 0 unspecified atom stereocenters. The summed E-state index contributed by atoms with van der Waals surface area (Å²) in [5, 5.41) is 8.11. The molecule has 44 valence electrons. The van der Waals surface area contributed by atoms with Gasteiger partial charge >= 0.3 is 0 Å². The fourth-order valence-electron chi connectivity index (χ4n) is 0.575. The molecule has 0 fully saturated rings. The number of nitrogens with zero attached hydrogens (tertiary/aromatic N) is 1. The second-order valence-corrected chi connectivity index (χ2v) is 1.59. The molecule has 0 atom stereocenters. The van der Waals surface area contributed by atoms with Crippen LogP contribution < -0.4 is 0 Å². The maximum Gasteiger partial charge on any atom is 0.0912 e. The molecule has 0 radical (unpaired) electrons. The van der Waals surface area contributed by atoms with Gasteiger partial charge in [-0.3, -0.25) is 0 Å². The summed E-state index contributed by atoms with van der Waals surface area (Å²) in [4.78, 5) is 2.93. The van der Waals surface area contributed by atoms with Crippen molar-refractivity contribution < 1.29 is 0 Å². The second kappa shape index (κ2) is 2.73. The first-order valence-electron chi connectivity index (χ1n) is 2.63. The highest BCUT2D eigenvalue weighted by atomic mass is 14.7. The van der Waals surface area contributed by atoms with Crippen LogP contribution in [0.1, 0.15) is 5.69 Å². The number of H-pyrrole nitrogens is 1. The van der Waals surface area contributed by atoms with E-state index in [-0.39, 0.29) is 0 Å². The predicted octanol–water partition coefficient (Wildman–Crippen LogP) is 1.55. The van der Waals surface area contributed by atoms with Gasteiger partial charge in [-0.25, -0.2) is 0 Å². The molecular formula is C7H6N2. The van der Waals surface area contributed by atoms with Crippen molar-refractivity contribution in [3.63, 3.8) is 0 Å². The minimum Gasteiger partial charge on any atom is -0.362 e. The fraction of sp³-hybridized carbons (Fsp3) is 0. The van der Waals surface area contributed by atoms with E-state index in [9.17, 15) is 0 Å². The van der Waals surface area contributed by atoms with Gasteiger partial charge in [0.1, 0.15) is 0 Å². The van der Waals surface area contributed by atoms with E-state index in [4.69, 9.17) is 5.26 Å². The van der Waals surface area contributed by atoms with E-state index in [1.807, 2.05) is 24.4 Å². The van der Waals surface area contributed by atoms with Crippen molar-refractivity contribution in [1.82, 2.24) is 4.98 Å². The fourth-order valence-corrected chi connectivity index (χ4v) is 0.575. The molecule has 0 aliphatic carbocycles. The molecule has 9 heavy (non-hydrogen) atoms. The SMILES string of the molecule is N#C/C=C\c1ccc[nH]1. The summed E-state index contributed by atoms with van der Waals surface area (Å²) in [6, 6.07) is 5.69. The van der Waals surface area contributed by atoms with Crippen molar-refractivity contribution in [2.45, 2.75) is 0 Å². The Morgan fingerprint density at radius 3 is 3.11 bits per heavy atom. The molecule has 0 spiro atoms. The van der Waals surface area contributed by atoms with E-state index >= 15 is 0 Å². The zero-order chi connectivity index (χ0) is 6.53. The Bertz CT molecular complexity index is 226. The quantitative estimate of drug-likeness (QED) is 0.558. The van der Waals surface area contributed by atoms with Crippen LogP contribution in [-0.4, -0.2) is 4.98 Å². The lowest BCUT2D eigenvalue weighted by Gasteiger charge is -1.77. The molecule has 2 nitrogen and oxygen atoms in total. The Morgan fingerprint density at radius 1 is 1.67 bits per heavy atom. The van der Waals surface area contributed by atoms with Crippen LogP contribution in [0.15, 0.2) is 24.4 Å². The lowest BCUT2D eigenvalue weighted by atomic mass is 10.4. The van der Waals surface area contributed by atoms with Crippen LogP contribution in [-0.2, 0) is 0 Å². The summed E-state index contributed by atoms with van der Waals surface area (Å²) in [5.74, 6) is 0. The first-order chi connectivity index (χ1) is 4.43. The van der Waals surface area contributed by atoms with Gasteiger partial charge in [0.25, 0.3) is 0 Å².